The summed E-state index contributed by atoms with van der Waals surface area (Å²) < 4.78 is 2.67. The van der Waals surface area contributed by atoms with Crippen molar-refractivity contribution in [3.05, 3.63) is 64.9 Å². The van der Waals surface area contributed by atoms with Gasteiger partial charge in [0.1, 0.15) is 5.82 Å². The van der Waals surface area contributed by atoms with Crippen molar-refractivity contribution in [2.24, 2.45) is 7.05 Å². The Morgan fingerprint density at radius 3 is 2.32 bits per heavy atom. The van der Waals surface area contributed by atoms with Crippen LogP contribution in [0.15, 0.2) is 64.2 Å². The molecule has 0 saturated heterocycles. The molecule has 1 heterocycles. The third-order valence-electron chi connectivity index (χ3n) is 3.76. The molecule has 0 spiro atoms. The summed E-state index contributed by atoms with van der Waals surface area (Å²) in [4.78, 5) is 24.3. The molecule has 0 aliphatic heterocycles. The van der Waals surface area contributed by atoms with Crippen molar-refractivity contribution >= 4 is 50.9 Å². The van der Waals surface area contributed by atoms with Gasteiger partial charge in [0.05, 0.1) is 12.2 Å². The second kappa shape index (κ2) is 9.52. The number of para-hydroxylation sites is 1. The van der Waals surface area contributed by atoms with Crippen LogP contribution in [0.5, 0.6) is 0 Å². The maximum absolute atomic E-state index is 12.2. The predicted octanol–water partition coefficient (Wildman–Crippen LogP) is 3.49. The number of thioether (sulfide) groups is 1. The zero-order valence-corrected chi connectivity index (χ0v) is 17.5. The number of nitrogens with one attached hydrogen (secondary N) is 2. The first kappa shape index (κ1) is 20.1. The Bertz CT molecular complexity index is 960. The number of anilines is 2. The minimum atomic E-state index is -0.175. The second-order valence-electron chi connectivity index (χ2n) is 5.89. The first-order valence-corrected chi connectivity index (χ1v) is 10.2. The Hall–Kier alpha value is -2.65. The zero-order chi connectivity index (χ0) is 19.9. The molecule has 0 fully saturated rings. The van der Waals surface area contributed by atoms with Crippen molar-refractivity contribution in [3.8, 4) is 0 Å². The predicted molar refractivity (Wildman–Crippen MR) is 113 cm³/mol. The number of carbonyl (C=O) groups is 2. The van der Waals surface area contributed by atoms with E-state index in [-0.39, 0.29) is 24.0 Å². The number of aromatic nitrogens is 3. The van der Waals surface area contributed by atoms with Gasteiger partial charge in [-0.2, -0.15) is 0 Å². The van der Waals surface area contributed by atoms with Crippen LogP contribution in [0.25, 0.3) is 0 Å². The van der Waals surface area contributed by atoms with Gasteiger partial charge in [0.25, 0.3) is 0 Å². The Labute approximate surface area is 175 Å². The van der Waals surface area contributed by atoms with Crippen LogP contribution in [0.1, 0.15) is 5.82 Å². The average molecular weight is 460 g/mol. The minimum absolute atomic E-state index is 0.101. The smallest absolute Gasteiger partial charge is 0.234 e. The first-order chi connectivity index (χ1) is 13.5. The standard InChI is InChI=1S/C19H18BrN5O2S/c1-25-16(11-17(26)21-14-5-3-2-4-6-14)23-24-19(25)28-12-18(27)22-15-9-7-13(20)8-10-15/h2-10H,11-12H2,1H3,(H,21,26)(H,22,27). The molecule has 0 aliphatic rings. The van der Waals surface area contributed by atoms with Gasteiger partial charge in [-0.3, -0.25) is 9.59 Å². The summed E-state index contributed by atoms with van der Waals surface area (Å²) in [5.74, 6) is 0.410. The molecule has 0 bridgehead atoms. The van der Waals surface area contributed by atoms with Gasteiger partial charge in [-0.1, -0.05) is 45.9 Å². The number of halogens is 1. The highest BCUT2D eigenvalue weighted by Gasteiger charge is 2.14. The molecule has 7 nitrogen and oxygen atoms in total. The molecule has 2 amide bonds. The van der Waals surface area contributed by atoms with Crippen LogP contribution in [-0.2, 0) is 23.1 Å². The summed E-state index contributed by atoms with van der Waals surface area (Å²) in [5, 5.41) is 14.4. The third-order valence-corrected chi connectivity index (χ3v) is 5.31. The van der Waals surface area contributed by atoms with E-state index in [1.54, 1.807) is 11.6 Å². The van der Waals surface area contributed by atoms with E-state index in [9.17, 15) is 9.59 Å². The van der Waals surface area contributed by atoms with Crippen molar-refractivity contribution < 1.29 is 9.59 Å². The highest BCUT2D eigenvalue weighted by Crippen LogP contribution is 2.18. The van der Waals surface area contributed by atoms with Gasteiger partial charge in [0, 0.05) is 22.9 Å². The molecule has 3 rings (SSSR count). The van der Waals surface area contributed by atoms with E-state index in [1.165, 1.54) is 11.8 Å². The van der Waals surface area contributed by atoms with Gasteiger partial charge < -0.3 is 15.2 Å². The summed E-state index contributed by atoms with van der Waals surface area (Å²) >= 11 is 4.62. The van der Waals surface area contributed by atoms with Gasteiger partial charge in [-0.05, 0) is 36.4 Å². The molecule has 1 aromatic heterocycles. The van der Waals surface area contributed by atoms with Gasteiger partial charge in [-0.15, -0.1) is 10.2 Å². The van der Waals surface area contributed by atoms with Gasteiger partial charge in [0.2, 0.25) is 11.8 Å². The van der Waals surface area contributed by atoms with Crippen LogP contribution >= 0.6 is 27.7 Å². The molecule has 144 valence electrons. The van der Waals surface area contributed by atoms with Crippen molar-refractivity contribution in [3.63, 3.8) is 0 Å². The Morgan fingerprint density at radius 2 is 1.61 bits per heavy atom. The van der Waals surface area contributed by atoms with E-state index >= 15 is 0 Å². The van der Waals surface area contributed by atoms with Gasteiger partial charge in [-0.25, -0.2) is 0 Å². The summed E-state index contributed by atoms with van der Waals surface area (Å²) in [6.45, 7) is 0. The van der Waals surface area contributed by atoms with Crippen LogP contribution in [0.3, 0.4) is 0 Å². The highest BCUT2D eigenvalue weighted by molar-refractivity contribution is 9.10. The van der Waals surface area contributed by atoms with E-state index in [0.29, 0.717) is 11.0 Å². The van der Waals surface area contributed by atoms with E-state index in [0.717, 1.165) is 15.8 Å². The lowest BCUT2D eigenvalue weighted by Crippen LogP contribution is -2.17. The van der Waals surface area contributed by atoms with E-state index in [1.807, 2.05) is 54.6 Å². The molecule has 9 heteroatoms. The van der Waals surface area contributed by atoms with Crippen LogP contribution in [0.2, 0.25) is 0 Å². The van der Waals surface area contributed by atoms with Crippen molar-refractivity contribution in [2.45, 2.75) is 11.6 Å². The molecule has 28 heavy (non-hydrogen) atoms. The number of rotatable bonds is 7. The normalized spacial score (nSPS) is 10.5. The molecule has 3 aromatic rings. The third kappa shape index (κ3) is 5.67. The largest absolute Gasteiger partial charge is 0.326 e. The van der Waals surface area contributed by atoms with Crippen molar-refractivity contribution in [1.29, 1.82) is 0 Å². The number of hydrogen-bond acceptors (Lipinski definition) is 5. The number of benzene rings is 2. The Morgan fingerprint density at radius 1 is 0.964 bits per heavy atom. The quantitative estimate of drug-likeness (QED) is 0.527. The van der Waals surface area contributed by atoms with Crippen LogP contribution in [0, 0.1) is 0 Å². The van der Waals surface area contributed by atoms with Crippen molar-refractivity contribution in [1.82, 2.24) is 14.8 Å². The lowest BCUT2D eigenvalue weighted by atomic mass is 10.3. The lowest BCUT2D eigenvalue weighted by Gasteiger charge is -2.06. The monoisotopic (exact) mass is 459 g/mol. The van der Waals surface area contributed by atoms with Crippen LogP contribution < -0.4 is 10.6 Å². The van der Waals surface area contributed by atoms with E-state index in [2.05, 4.69) is 36.8 Å². The fourth-order valence-corrected chi connectivity index (χ4v) is 3.35. The molecule has 0 unspecified atom stereocenters. The summed E-state index contributed by atoms with van der Waals surface area (Å²) in [6, 6.07) is 16.6. The number of carbonyl (C=O) groups excluding carboxylic acids is 2. The summed E-state index contributed by atoms with van der Waals surface area (Å²) in [7, 11) is 1.78. The molecule has 0 radical (unpaired) electrons. The average Bonchev–Trinajstić information content (AvgIpc) is 3.02. The molecular formula is C19H18BrN5O2S. The van der Waals surface area contributed by atoms with Gasteiger partial charge >= 0.3 is 0 Å². The molecule has 2 N–H and O–H groups in total. The number of nitrogens with zero attached hydrogens (tertiary/aromatic N) is 3. The highest BCUT2D eigenvalue weighted by atomic mass is 79.9. The van der Waals surface area contributed by atoms with Gasteiger partial charge in [0.15, 0.2) is 5.16 Å². The zero-order valence-electron chi connectivity index (χ0n) is 15.1. The topological polar surface area (TPSA) is 88.9 Å². The molecule has 0 aliphatic carbocycles. The number of amides is 2. The van der Waals surface area contributed by atoms with E-state index in [4.69, 9.17) is 0 Å². The van der Waals surface area contributed by atoms with Crippen LogP contribution in [0.4, 0.5) is 11.4 Å². The molecule has 0 saturated carbocycles. The Kier molecular flexibility index (Phi) is 6.83. The summed E-state index contributed by atoms with van der Waals surface area (Å²) in [6.07, 6.45) is 0.101. The molecule has 0 atom stereocenters. The maximum Gasteiger partial charge on any atom is 0.234 e. The fraction of sp³-hybridized carbons (Fsp3) is 0.158. The van der Waals surface area contributed by atoms with Crippen LogP contribution in [-0.4, -0.2) is 32.3 Å². The number of hydrogen-bond donors (Lipinski definition) is 2. The molecular weight excluding hydrogens is 442 g/mol. The summed E-state index contributed by atoms with van der Waals surface area (Å²) in [5.41, 5.74) is 1.46. The SMILES string of the molecule is Cn1c(CC(=O)Nc2ccccc2)nnc1SCC(=O)Nc1ccc(Br)cc1. The lowest BCUT2D eigenvalue weighted by molar-refractivity contribution is -0.116. The van der Waals surface area contributed by atoms with E-state index < -0.39 is 0 Å². The van der Waals surface area contributed by atoms with Crippen molar-refractivity contribution in [2.75, 3.05) is 16.4 Å². The minimum Gasteiger partial charge on any atom is -0.326 e. The maximum atomic E-state index is 12.2. The Balaban J connectivity index is 1.52. The first-order valence-electron chi connectivity index (χ1n) is 8.42. The fourth-order valence-electron chi connectivity index (χ4n) is 2.36. The molecule has 2 aromatic carbocycles. The second-order valence-corrected chi connectivity index (χ2v) is 7.75.